The zero-order chi connectivity index (χ0) is 18.0. The Bertz CT molecular complexity index is 727. The number of aryl methyl sites for hydroxylation is 2. The number of aromatic nitrogens is 3. The van der Waals surface area contributed by atoms with Crippen LogP contribution in [0.25, 0.3) is 0 Å². The number of nitrogens with zero attached hydrogens (tertiary/aromatic N) is 5. The molecule has 1 aliphatic rings. The minimum Gasteiger partial charge on any atom is -0.360 e. The molecule has 1 fully saturated rings. The summed E-state index contributed by atoms with van der Waals surface area (Å²) >= 11 is 0. The Balaban J connectivity index is 1.51. The fourth-order valence-electron chi connectivity index (χ4n) is 3.06. The van der Waals surface area contributed by atoms with E-state index in [0.29, 0.717) is 35.9 Å². The number of rotatable bonds is 6. The van der Waals surface area contributed by atoms with E-state index in [1.54, 1.807) is 19.9 Å². The van der Waals surface area contributed by atoms with E-state index >= 15 is 0 Å². The van der Waals surface area contributed by atoms with E-state index in [2.05, 4.69) is 30.4 Å². The Kier molecular flexibility index (Phi) is 5.14. The van der Waals surface area contributed by atoms with Gasteiger partial charge >= 0.3 is 0 Å². The molecule has 1 amide bonds. The van der Waals surface area contributed by atoms with Crippen molar-refractivity contribution in [2.45, 2.75) is 45.8 Å². The second kappa shape index (κ2) is 7.32. The smallest absolute Gasteiger partial charge is 0.242 e. The molecule has 0 radical (unpaired) electrons. The maximum absolute atomic E-state index is 12.4. The van der Waals surface area contributed by atoms with Gasteiger partial charge in [-0.05, 0) is 27.3 Å². The molecule has 1 saturated heterocycles. The van der Waals surface area contributed by atoms with Crippen LogP contribution in [0.15, 0.2) is 15.1 Å². The molecule has 9 nitrogen and oxygen atoms in total. The average Bonchev–Trinajstić information content (AvgIpc) is 3.28. The van der Waals surface area contributed by atoms with Gasteiger partial charge in [-0.2, -0.15) is 4.98 Å². The van der Waals surface area contributed by atoms with Crippen molar-refractivity contribution < 1.29 is 13.8 Å². The summed E-state index contributed by atoms with van der Waals surface area (Å²) in [6.45, 7) is 7.80. The number of hydrogen-bond acceptors (Lipinski definition) is 8. The summed E-state index contributed by atoms with van der Waals surface area (Å²) in [5.41, 5.74) is 0. The van der Waals surface area contributed by atoms with Gasteiger partial charge in [-0.1, -0.05) is 10.3 Å². The highest BCUT2D eigenvalue weighted by Gasteiger charge is 2.32. The first-order valence-electron chi connectivity index (χ1n) is 8.40. The standard InChI is InChI=1S/C16H24N6O3/c1-10-7-14(19-24-10)18-16(23)11(2)22-6-5-13(8-22)21(4)9-15-17-12(3)25-20-15/h7,11,13H,5-6,8-9H2,1-4H3,(H,18,19,23)/t11-,13+/m0/s1. The first-order chi connectivity index (χ1) is 11.9. The highest BCUT2D eigenvalue weighted by molar-refractivity contribution is 5.93. The van der Waals surface area contributed by atoms with Crippen molar-refractivity contribution in [1.29, 1.82) is 0 Å². The number of hydrogen-bond donors (Lipinski definition) is 1. The van der Waals surface area contributed by atoms with Crippen LogP contribution < -0.4 is 5.32 Å². The quantitative estimate of drug-likeness (QED) is 0.831. The summed E-state index contributed by atoms with van der Waals surface area (Å²) in [6, 6.07) is 1.82. The van der Waals surface area contributed by atoms with Crippen LogP contribution in [0.5, 0.6) is 0 Å². The van der Waals surface area contributed by atoms with Gasteiger partial charge in [0.1, 0.15) is 5.76 Å². The van der Waals surface area contributed by atoms with Gasteiger partial charge in [-0.25, -0.2) is 0 Å². The van der Waals surface area contributed by atoms with Crippen LogP contribution in [0.1, 0.15) is 30.8 Å². The Hall–Kier alpha value is -2.26. The lowest BCUT2D eigenvalue weighted by molar-refractivity contribution is -0.120. The molecule has 0 aromatic carbocycles. The zero-order valence-corrected chi connectivity index (χ0v) is 15.0. The molecule has 1 N–H and O–H groups in total. The number of nitrogens with one attached hydrogen (secondary N) is 1. The van der Waals surface area contributed by atoms with Crippen LogP contribution in [0.3, 0.4) is 0 Å². The molecule has 3 rings (SSSR count). The number of carbonyl (C=O) groups is 1. The molecule has 136 valence electrons. The Morgan fingerprint density at radius 3 is 2.88 bits per heavy atom. The number of carbonyl (C=O) groups excluding carboxylic acids is 1. The maximum atomic E-state index is 12.4. The maximum Gasteiger partial charge on any atom is 0.242 e. The summed E-state index contributed by atoms with van der Waals surface area (Å²) in [4.78, 5) is 21.0. The molecule has 2 atom stereocenters. The lowest BCUT2D eigenvalue weighted by atomic mass is 10.2. The van der Waals surface area contributed by atoms with Crippen molar-refractivity contribution in [2.75, 3.05) is 25.5 Å². The first-order valence-corrected chi connectivity index (χ1v) is 8.40. The normalized spacial score (nSPS) is 19.5. The summed E-state index contributed by atoms with van der Waals surface area (Å²) in [7, 11) is 2.04. The Labute approximate surface area is 146 Å². The summed E-state index contributed by atoms with van der Waals surface area (Å²) in [5, 5.41) is 10.5. The highest BCUT2D eigenvalue weighted by Crippen LogP contribution is 2.19. The van der Waals surface area contributed by atoms with Gasteiger partial charge in [0, 0.05) is 32.1 Å². The van der Waals surface area contributed by atoms with Crippen LogP contribution in [0.4, 0.5) is 5.82 Å². The zero-order valence-electron chi connectivity index (χ0n) is 15.0. The third-order valence-electron chi connectivity index (χ3n) is 4.58. The van der Waals surface area contributed by atoms with E-state index in [1.807, 2.05) is 14.0 Å². The van der Waals surface area contributed by atoms with E-state index in [0.717, 1.165) is 19.5 Å². The van der Waals surface area contributed by atoms with E-state index in [1.165, 1.54) is 0 Å². The van der Waals surface area contributed by atoms with Crippen molar-refractivity contribution in [1.82, 2.24) is 25.1 Å². The lowest BCUT2D eigenvalue weighted by Gasteiger charge is -2.26. The predicted octanol–water partition coefficient (Wildman–Crippen LogP) is 1.21. The molecule has 0 bridgehead atoms. The largest absolute Gasteiger partial charge is 0.360 e. The molecule has 25 heavy (non-hydrogen) atoms. The van der Waals surface area contributed by atoms with Crippen molar-refractivity contribution in [3.63, 3.8) is 0 Å². The third-order valence-corrected chi connectivity index (χ3v) is 4.58. The molecular formula is C16H24N6O3. The van der Waals surface area contributed by atoms with Crippen LogP contribution in [0, 0.1) is 13.8 Å². The van der Waals surface area contributed by atoms with E-state index < -0.39 is 0 Å². The second-order valence-corrected chi connectivity index (χ2v) is 6.57. The Morgan fingerprint density at radius 1 is 1.44 bits per heavy atom. The van der Waals surface area contributed by atoms with Gasteiger partial charge < -0.3 is 14.4 Å². The monoisotopic (exact) mass is 348 g/mol. The number of likely N-dealkylation sites (tertiary alicyclic amines) is 1. The lowest BCUT2D eigenvalue weighted by Crippen LogP contribution is -2.43. The van der Waals surface area contributed by atoms with Gasteiger partial charge in [-0.15, -0.1) is 0 Å². The summed E-state index contributed by atoms with van der Waals surface area (Å²) in [6.07, 6.45) is 0.994. The summed E-state index contributed by atoms with van der Waals surface area (Å²) in [5.74, 6) is 2.30. The molecular weight excluding hydrogens is 324 g/mol. The van der Waals surface area contributed by atoms with E-state index in [-0.39, 0.29) is 11.9 Å². The van der Waals surface area contributed by atoms with Gasteiger partial charge in [0.2, 0.25) is 11.8 Å². The van der Waals surface area contributed by atoms with Gasteiger partial charge in [0.05, 0.1) is 12.6 Å². The first kappa shape index (κ1) is 17.6. The highest BCUT2D eigenvalue weighted by atomic mass is 16.5. The Morgan fingerprint density at radius 2 is 2.24 bits per heavy atom. The van der Waals surface area contributed by atoms with E-state index in [4.69, 9.17) is 9.05 Å². The number of likely N-dealkylation sites (N-methyl/N-ethyl adjacent to an activating group) is 1. The third kappa shape index (κ3) is 4.23. The molecule has 2 aromatic heterocycles. The molecule has 1 aliphatic heterocycles. The topological polar surface area (TPSA) is 101 Å². The fraction of sp³-hybridized carbons (Fsp3) is 0.625. The molecule has 9 heteroatoms. The second-order valence-electron chi connectivity index (χ2n) is 6.57. The number of anilines is 1. The minimum atomic E-state index is -0.233. The molecule has 2 aromatic rings. The predicted molar refractivity (Wildman–Crippen MR) is 89.8 cm³/mol. The summed E-state index contributed by atoms with van der Waals surface area (Å²) < 4.78 is 9.99. The van der Waals surface area contributed by atoms with Crippen molar-refractivity contribution in [3.05, 3.63) is 23.5 Å². The van der Waals surface area contributed by atoms with Crippen molar-refractivity contribution >= 4 is 11.7 Å². The molecule has 0 aliphatic carbocycles. The van der Waals surface area contributed by atoms with Crippen LogP contribution in [0.2, 0.25) is 0 Å². The average molecular weight is 348 g/mol. The molecule has 3 heterocycles. The molecule has 0 spiro atoms. The van der Waals surface area contributed by atoms with Crippen molar-refractivity contribution in [2.24, 2.45) is 0 Å². The van der Waals surface area contributed by atoms with Crippen LogP contribution in [-0.4, -0.2) is 63.2 Å². The number of amides is 1. The molecule has 0 saturated carbocycles. The van der Waals surface area contributed by atoms with Gasteiger partial charge in [-0.3, -0.25) is 14.6 Å². The SMILES string of the molecule is Cc1cc(NC(=O)[C@H](C)N2CC[C@@H](N(C)Cc3noc(C)n3)C2)no1. The minimum absolute atomic E-state index is 0.0783. The van der Waals surface area contributed by atoms with Crippen LogP contribution >= 0.6 is 0 Å². The van der Waals surface area contributed by atoms with Crippen molar-refractivity contribution in [3.8, 4) is 0 Å². The van der Waals surface area contributed by atoms with Gasteiger partial charge in [0.15, 0.2) is 11.6 Å². The van der Waals surface area contributed by atoms with E-state index in [9.17, 15) is 4.79 Å². The fourth-order valence-corrected chi connectivity index (χ4v) is 3.06. The van der Waals surface area contributed by atoms with Gasteiger partial charge in [0.25, 0.3) is 0 Å². The van der Waals surface area contributed by atoms with Crippen LogP contribution in [-0.2, 0) is 11.3 Å². The molecule has 0 unspecified atom stereocenters.